The molecule has 1 aromatic carbocycles. The van der Waals surface area contributed by atoms with E-state index < -0.39 is 0 Å². The van der Waals surface area contributed by atoms with Crippen molar-refractivity contribution in [3.63, 3.8) is 0 Å². The van der Waals surface area contributed by atoms with E-state index in [1.165, 1.54) is 50.1 Å². The minimum atomic E-state index is 0.727. The summed E-state index contributed by atoms with van der Waals surface area (Å²) in [6, 6.07) is 6.40. The fourth-order valence-electron chi connectivity index (χ4n) is 3.29. The van der Waals surface area contributed by atoms with Gasteiger partial charge in [0.15, 0.2) is 0 Å². The summed E-state index contributed by atoms with van der Waals surface area (Å²) in [5.74, 6) is 1.83. The summed E-state index contributed by atoms with van der Waals surface area (Å²) in [4.78, 5) is 2.53. The molecular weight excluding hydrogens is 248 g/mol. The standard InChI is InChI=1S/C17H26N2O/c1-2-19-11-8-14(9-12-19)13-20-17-7-3-6-16-15(17)5-4-10-18-16/h3,6-7,14,18H,2,4-5,8-13H2,1H3. The smallest absolute Gasteiger partial charge is 0.124 e. The fourth-order valence-corrected chi connectivity index (χ4v) is 3.29. The zero-order valence-corrected chi connectivity index (χ0v) is 12.5. The molecule has 0 amide bonds. The summed E-state index contributed by atoms with van der Waals surface area (Å²) in [5.41, 5.74) is 2.65. The summed E-state index contributed by atoms with van der Waals surface area (Å²) in [6.45, 7) is 7.88. The first-order chi connectivity index (χ1) is 9.86. The lowest BCUT2D eigenvalue weighted by Crippen LogP contribution is -2.35. The van der Waals surface area contributed by atoms with E-state index in [9.17, 15) is 0 Å². The van der Waals surface area contributed by atoms with Crippen LogP contribution >= 0.6 is 0 Å². The van der Waals surface area contributed by atoms with Crippen LogP contribution in [0.15, 0.2) is 18.2 Å². The minimum Gasteiger partial charge on any atom is -0.493 e. The lowest BCUT2D eigenvalue weighted by Gasteiger charge is -2.31. The molecule has 0 unspecified atom stereocenters. The molecule has 20 heavy (non-hydrogen) atoms. The average Bonchev–Trinajstić information content (AvgIpc) is 2.53. The van der Waals surface area contributed by atoms with Gasteiger partial charge in [0.1, 0.15) is 5.75 Å². The Labute approximate surface area is 122 Å². The predicted molar refractivity (Wildman–Crippen MR) is 83.6 cm³/mol. The number of ether oxygens (including phenoxy) is 1. The van der Waals surface area contributed by atoms with Crippen LogP contribution in [0.4, 0.5) is 5.69 Å². The second-order valence-electron chi connectivity index (χ2n) is 6.00. The quantitative estimate of drug-likeness (QED) is 0.913. The zero-order chi connectivity index (χ0) is 13.8. The van der Waals surface area contributed by atoms with Gasteiger partial charge in [-0.15, -0.1) is 0 Å². The number of rotatable bonds is 4. The van der Waals surface area contributed by atoms with E-state index in [-0.39, 0.29) is 0 Å². The maximum atomic E-state index is 6.15. The number of hydrogen-bond donors (Lipinski definition) is 1. The molecule has 1 N–H and O–H groups in total. The first-order valence-corrected chi connectivity index (χ1v) is 8.07. The number of nitrogens with one attached hydrogen (secondary N) is 1. The van der Waals surface area contributed by atoms with Gasteiger partial charge in [0.25, 0.3) is 0 Å². The summed E-state index contributed by atoms with van der Waals surface area (Å²) in [7, 11) is 0. The van der Waals surface area contributed by atoms with Gasteiger partial charge >= 0.3 is 0 Å². The summed E-state index contributed by atoms with van der Waals surface area (Å²) in [5, 5.41) is 3.47. The topological polar surface area (TPSA) is 24.5 Å². The van der Waals surface area contributed by atoms with Crippen LogP contribution < -0.4 is 10.1 Å². The Morgan fingerprint density at radius 2 is 2.15 bits per heavy atom. The first-order valence-electron chi connectivity index (χ1n) is 8.07. The van der Waals surface area contributed by atoms with E-state index in [2.05, 4.69) is 35.3 Å². The van der Waals surface area contributed by atoms with E-state index in [1.54, 1.807) is 0 Å². The molecule has 0 aliphatic carbocycles. The first kappa shape index (κ1) is 13.7. The normalized spacial score (nSPS) is 20.2. The van der Waals surface area contributed by atoms with E-state index in [0.717, 1.165) is 31.2 Å². The second kappa shape index (κ2) is 6.49. The highest BCUT2D eigenvalue weighted by Crippen LogP contribution is 2.31. The molecule has 2 heterocycles. The molecule has 110 valence electrons. The van der Waals surface area contributed by atoms with Crippen molar-refractivity contribution in [3.8, 4) is 5.75 Å². The highest BCUT2D eigenvalue weighted by atomic mass is 16.5. The van der Waals surface area contributed by atoms with Crippen molar-refractivity contribution >= 4 is 5.69 Å². The van der Waals surface area contributed by atoms with Crippen LogP contribution in [-0.2, 0) is 6.42 Å². The predicted octanol–water partition coefficient (Wildman–Crippen LogP) is 3.16. The van der Waals surface area contributed by atoms with Crippen molar-refractivity contribution < 1.29 is 4.74 Å². The molecule has 2 aliphatic heterocycles. The maximum absolute atomic E-state index is 6.15. The lowest BCUT2D eigenvalue weighted by atomic mass is 9.97. The molecule has 3 rings (SSSR count). The third-order valence-electron chi connectivity index (χ3n) is 4.68. The molecule has 2 aliphatic rings. The third kappa shape index (κ3) is 3.09. The number of piperidine rings is 1. The summed E-state index contributed by atoms with van der Waals surface area (Å²) < 4.78 is 6.15. The average molecular weight is 274 g/mol. The fraction of sp³-hybridized carbons (Fsp3) is 0.647. The van der Waals surface area contributed by atoms with Gasteiger partial charge in [-0.2, -0.15) is 0 Å². The van der Waals surface area contributed by atoms with E-state index in [1.807, 2.05) is 0 Å². The number of nitrogens with zero attached hydrogens (tertiary/aromatic N) is 1. The van der Waals surface area contributed by atoms with Crippen molar-refractivity contribution in [2.45, 2.75) is 32.6 Å². The van der Waals surface area contributed by atoms with E-state index in [0.29, 0.717) is 0 Å². The Hall–Kier alpha value is -1.22. The van der Waals surface area contributed by atoms with Gasteiger partial charge < -0.3 is 15.0 Å². The van der Waals surface area contributed by atoms with Crippen molar-refractivity contribution in [3.05, 3.63) is 23.8 Å². The second-order valence-corrected chi connectivity index (χ2v) is 6.00. The van der Waals surface area contributed by atoms with Crippen LogP contribution in [-0.4, -0.2) is 37.7 Å². The highest BCUT2D eigenvalue weighted by Gasteiger charge is 2.20. The van der Waals surface area contributed by atoms with Crippen LogP contribution in [0.5, 0.6) is 5.75 Å². The van der Waals surface area contributed by atoms with Gasteiger partial charge in [-0.3, -0.25) is 0 Å². The Kier molecular flexibility index (Phi) is 4.46. The number of fused-ring (bicyclic) bond motifs is 1. The zero-order valence-electron chi connectivity index (χ0n) is 12.5. The molecule has 1 aromatic rings. The summed E-state index contributed by atoms with van der Waals surface area (Å²) in [6.07, 6.45) is 4.91. The lowest BCUT2D eigenvalue weighted by molar-refractivity contribution is 0.145. The number of hydrogen-bond acceptors (Lipinski definition) is 3. The maximum Gasteiger partial charge on any atom is 0.124 e. The van der Waals surface area contributed by atoms with Crippen molar-refractivity contribution in [2.75, 3.05) is 38.1 Å². The van der Waals surface area contributed by atoms with Crippen LogP contribution in [0.25, 0.3) is 0 Å². The van der Waals surface area contributed by atoms with Gasteiger partial charge in [0.05, 0.1) is 6.61 Å². The Bertz CT molecular complexity index is 439. The van der Waals surface area contributed by atoms with Crippen molar-refractivity contribution in [1.82, 2.24) is 4.90 Å². The molecule has 0 bridgehead atoms. The molecule has 0 spiro atoms. The van der Waals surface area contributed by atoms with Gasteiger partial charge in [-0.25, -0.2) is 0 Å². The molecule has 3 heteroatoms. The number of likely N-dealkylation sites (tertiary alicyclic amines) is 1. The van der Waals surface area contributed by atoms with Gasteiger partial charge in [-0.1, -0.05) is 13.0 Å². The Morgan fingerprint density at radius 1 is 1.30 bits per heavy atom. The molecule has 1 fully saturated rings. The third-order valence-corrected chi connectivity index (χ3v) is 4.68. The molecule has 1 saturated heterocycles. The number of anilines is 1. The van der Waals surface area contributed by atoms with Crippen molar-refractivity contribution in [2.24, 2.45) is 5.92 Å². The molecule has 3 nitrogen and oxygen atoms in total. The van der Waals surface area contributed by atoms with Crippen LogP contribution in [0, 0.1) is 5.92 Å². The minimum absolute atomic E-state index is 0.727. The largest absolute Gasteiger partial charge is 0.493 e. The van der Waals surface area contributed by atoms with E-state index >= 15 is 0 Å². The molecular formula is C17H26N2O. The van der Waals surface area contributed by atoms with Crippen LogP contribution in [0.2, 0.25) is 0 Å². The highest BCUT2D eigenvalue weighted by molar-refractivity contribution is 5.59. The van der Waals surface area contributed by atoms with Gasteiger partial charge in [-0.05, 0) is 63.4 Å². The SMILES string of the molecule is CCN1CCC(COc2cccc3c2CCCN3)CC1. The Balaban J connectivity index is 1.56. The molecule has 0 radical (unpaired) electrons. The van der Waals surface area contributed by atoms with Crippen LogP contribution in [0.3, 0.4) is 0 Å². The Morgan fingerprint density at radius 3 is 2.95 bits per heavy atom. The number of benzene rings is 1. The monoisotopic (exact) mass is 274 g/mol. The summed E-state index contributed by atoms with van der Waals surface area (Å²) >= 11 is 0. The van der Waals surface area contributed by atoms with Gasteiger partial charge in [0, 0.05) is 17.8 Å². The molecule has 0 aromatic heterocycles. The van der Waals surface area contributed by atoms with E-state index in [4.69, 9.17) is 4.74 Å². The van der Waals surface area contributed by atoms with Gasteiger partial charge in [0.2, 0.25) is 0 Å². The van der Waals surface area contributed by atoms with Crippen LogP contribution in [0.1, 0.15) is 31.7 Å². The molecule has 0 saturated carbocycles. The molecule has 0 atom stereocenters. The van der Waals surface area contributed by atoms with Crippen molar-refractivity contribution in [1.29, 1.82) is 0 Å².